The highest BCUT2D eigenvalue weighted by molar-refractivity contribution is 5.97. The Morgan fingerprint density at radius 1 is 1.09 bits per heavy atom. The minimum Gasteiger partial charge on any atom is -0.381 e. The van der Waals surface area contributed by atoms with Crippen molar-refractivity contribution in [1.82, 2.24) is 34.1 Å². The lowest BCUT2D eigenvalue weighted by Crippen LogP contribution is -2.34. The van der Waals surface area contributed by atoms with Crippen LogP contribution in [-0.2, 0) is 11.8 Å². The van der Waals surface area contributed by atoms with E-state index in [1.165, 1.54) is 0 Å². The molecule has 1 saturated carbocycles. The number of hydrogen-bond donors (Lipinski definition) is 1. The van der Waals surface area contributed by atoms with E-state index in [-0.39, 0.29) is 0 Å². The molecule has 5 aromatic rings. The van der Waals surface area contributed by atoms with Gasteiger partial charge in [-0.2, -0.15) is 0 Å². The van der Waals surface area contributed by atoms with E-state index in [1.807, 2.05) is 65.1 Å². The molecule has 1 fully saturated rings. The maximum Gasteiger partial charge on any atom is 0.218 e. The number of anilines is 1. The molecule has 0 bridgehead atoms. The smallest absolute Gasteiger partial charge is 0.218 e. The summed E-state index contributed by atoms with van der Waals surface area (Å²) in [5.74, 6) is 2.55. The SMILES string of the molecule is COC1CC(CNc2nc(-c3nccn3C)nn3cc(-c4cccnc4)c(-c4ccccn4)c23)C1. The zero-order valence-corrected chi connectivity index (χ0v) is 19.7. The van der Waals surface area contributed by atoms with Crippen LogP contribution >= 0.6 is 0 Å². The van der Waals surface area contributed by atoms with Gasteiger partial charge in [-0.3, -0.25) is 9.97 Å². The van der Waals surface area contributed by atoms with Gasteiger partial charge in [0.15, 0.2) is 11.6 Å². The summed E-state index contributed by atoms with van der Waals surface area (Å²) in [4.78, 5) is 18.5. The van der Waals surface area contributed by atoms with E-state index in [2.05, 4.69) is 20.3 Å². The molecule has 6 rings (SSSR count). The fourth-order valence-corrected chi connectivity index (χ4v) is 4.67. The summed E-state index contributed by atoms with van der Waals surface area (Å²) in [5, 5.41) is 8.50. The van der Waals surface area contributed by atoms with Gasteiger partial charge in [0.1, 0.15) is 5.52 Å². The zero-order valence-electron chi connectivity index (χ0n) is 19.7. The molecule has 5 heterocycles. The van der Waals surface area contributed by atoms with Crippen molar-refractivity contribution in [2.24, 2.45) is 13.0 Å². The minimum atomic E-state index is 0.352. The molecule has 0 aromatic carbocycles. The second-order valence-electron chi connectivity index (χ2n) is 8.89. The first-order chi connectivity index (χ1) is 17.2. The topological polar surface area (TPSA) is 95.0 Å². The van der Waals surface area contributed by atoms with Crippen LogP contribution in [0.1, 0.15) is 12.8 Å². The van der Waals surface area contributed by atoms with Gasteiger partial charge < -0.3 is 14.6 Å². The third-order valence-electron chi connectivity index (χ3n) is 6.63. The molecule has 1 N–H and O–H groups in total. The summed E-state index contributed by atoms with van der Waals surface area (Å²) in [7, 11) is 3.72. The van der Waals surface area contributed by atoms with Crippen molar-refractivity contribution in [2.75, 3.05) is 19.0 Å². The number of nitrogens with one attached hydrogen (secondary N) is 1. The summed E-state index contributed by atoms with van der Waals surface area (Å²) < 4.78 is 9.28. The van der Waals surface area contributed by atoms with Gasteiger partial charge in [-0.1, -0.05) is 12.1 Å². The first kappa shape index (κ1) is 21.4. The lowest BCUT2D eigenvalue weighted by Gasteiger charge is -2.34. The summed E-state index contributed by atoms with van der Waals surface area (Å²) in [5.41, 5.74) is 4.69. The molecule has 0 atom stereocenters. The molecule has 35 heavy (non-hydrogen) atoms. The highest BCUT2D eigenvalue weighted by Gasteiger charge is 2.29. The number of nitrogens with zero attached hydrogens (tertiary/aromatic N) is 7. The van der Waals surface area contributed by atoms with Gasteiger partial charge in [0, 0.05) is 74.6 Å². The number of pyridine rings is 2. The van der Waals surface area contributed by atoms with E-state index >= 15 is 0 Å². The predicted octanol–water partition coefficient (Wildman–Crippen LogP) is 4.09. The Bertz CT molecular complexity index is 1460. The Morgan fingerprint density at radius 3 is 2.71 bits per heavy atom. The number of aromatic nitrogens is 7. The normalized spacial score (nSPS) is 17.4. The van der Waals surface area contributed by atoms with Crippen LogP contribution in [0.15, 0.2) is 67.5 Å². The molecule has 9 nitrogen and oxygen atoms in total. The first-order valence-electron chi connectivity index (χ1n) is 11.7. The van der Waals surface area contributed by atoms with Crippen LogP contribution in [0.3, 0.4) is 0 Å². The molecule has 0 unspecified atom stereocenters. The molecule has 0 saturated heterocycles. The summed E-state index contributed by atoms with van der Waals surface area (Å²) in [6.07, 6.45) is 13.6. The van der Waals surface area contributed by atoms with Crippen molar-refractivity contribution in [3.05, 3.63) is 67.5 Å². The quantitative estimate of drug-likeness (QED) is 0.386. The third kappa shape index (κ3) is 3.93. The molecule has 176 valence electrons. The summed E-state index contributed by atoms with van der Waals surface area (Å²) >= 11 is 0. The van der Waals surface area contributed by atoms with Gasteiger partial charge in [0.25, 0.3) is 0 Å². The Kier molecular flexibility index (Phi) is 5.46. The molecule has 0 aliphatic heterocycles. The van der Waals surface area contributed by atoms with Crippen molar-refractivity contribution in [2.45, 2.75) is 18.9 Å². The van der Waals surface area contributed by atoms with Crippen molar-refractivity contribution >= 4 is 11.3 Å². The van der Waals surface area contributed by atoms with Crippen LogP contribution in [0.4, 0.5) is 5.82 Å². The third-order valence-corrected chi connectivity index (χ3v) is 6.63. The van der Waals surface area contributed by atoms with Gasteiger partial charge in [0.2, 0.25) is 5.82 Å². The second kappa shape index (κ2) is 8.92. The van der Waals surface area contributed by atoms with E-state index in [4.69, 9.17) is 14.8 Å². The average molecular weight is 467 g/mol. The molecule has 5 aromatic heterocycles. The highest BCUT2D eigenvalue weighted by Crippen LogP contribution is 2.39. The molecule has 0 radical (unpaired) electrons. The minimum absolute atomic E-state index is 0.352. The molecular formula is C26H26N8O. The molecule has 1 aliphatic rings. The monoisotopic (exact) mass is 466 g/mol. The van der Waals surface area contributed by atoms with Crippen molar-refractivity contribution in [3.63, 3.8) is 0 Å². The van der Waals surface area contributed by atoms with Crippen molar-refractivity contribution in [1.29, 1.82) is 0 Å². The highest BCUT2D eigenvalue weighted by atomic mass is 16.5. The molecule has 1 aliphatic carbocycles. The van der Waals surface area contributed by atoms with E-state index < -0.39 is 0 Å². The molecule has 0 spiro atoms. The summed E-state index contributed by atoms with van der Waals surface area (Å²) in [6.45, 7) is 0.807. The van der Waals surface area contributed by atoms with Crippen molar-refractivity contribution in [3.8, 4) is 34.0 Å². The van der Waals surface area contributed by atoms with E-state index in [9.17, 15) is 0 Å². The van der Waals surface area contributed by atoms with Crippen molar-refractivity contribution < 1.29 is 4.74 Å². The predicted molar refractivity (Wildman–Crippen MR) is 134 cm³/mol. The number of aryl methyl sites for hydroxylation is 1. The molecular weight excluding hydrogens is 440 g/mol. The van der Waals surface area contributed by atoms with Crippen LogP contribution in [0.2, 0.25) is 0 Å². The second-order valence-corrected chi connectivity index (χ2v) is 8.89. The van der Waals surface area contributed by atoms with Gasteiger partial charge in [-0.15, -0.1) is 5.10 Å². The lowest BCUT2D eigenvalue weighted by atomic mass is 9.82. The van der Waals surface area contributed by atoms with Crippen LogP contribution < -0.4 is 5.32 Å². The van der Waals surface area contributed by atoms with E-state index in [1.54, 1.807) is 25.7 Å². The molecule has 0 amide bonds. The maximum absolute atomic E-state index is 5.47. The van der Waals surface area contributed by atoms with Gasteiger partial charge in [-0.05, 0) is 37.0 Å². The Labute approximate surface area is 202 Å². The zero-order chi connectivity index (χ0) is 23.8. The lowest BCUT2D eigenvalue weighted by molar-refractivity contribution is 0.00562. The number of ether oxygens (including phenoxy) is 1. The standard InChI is InChI=1S/C26H26N8O/c1-33-11-10-29-26(33)25-31-24(30-14-17-12-19(13-17)35-2)23-22(21-7-3-4-9-28-21)20(16-34(23)32-25)18-6-5-8-27-15-18/h3-11,15-17,19H,12-14H2,1-2H3,(H,30,31,32). The average Bonchev–Trinajstić information content (AvgIpc) is 3.48. The van der Waals surface area contributed by atoms with Crippen LogP contribution in [-0.4, -0.2) is 53.9 Å². The number of hydrogen-bond acceptors (Lipinski definition) is 7. The van der Waals surface area contributed by atoms with Gasteiger partial charge >= 0.3 is 0 Å². The van der Waals surface area contributed by atoms with Crippen LogP contribution in [0.25, 0.3) is 39.5 Å². The Hall–Kier alpha value is -4.11. The van der Waals surface area contributed by atoms with Gasteiger partial charge in [0.05, 0.1) is 11.8 Å². The van der Waals surface area contributed by atoms with E-state index in [0.29, 0.717) is 23.7 Å². The number of fused-ring (bicyclic) bond motifs is 1. The largest absolute Gasteiger partial charge is 0.381 e. The van der Waals surface area contributed by atoms with Crippen LogP contribution in [0, 0.1) is 5.92 Å². The Balaban J connectivity index is 1.54. The van der Waals surface area contributed by atoms with E-state index in [0.717, 1.165) is 53.1 Å². The Morgan fingerprint density at radius 2 is 2.00 bits per heavy atom. The van der Waals surface area contributed by atoms with Gasteiger partial charge in [-0.25, -0.2) is 14.5 Å². The first-order valence-corrected chi connectivity index (χ1v) is 11.7. The fourth-order valence-electron chi connectivity index (χ4n) is 4.67. The number of imidazole rings is 1. The molecule has 9 heteroatoms. The fraction of sp³-hybridized carbons (Fsp3) is 0.269. The number of methoxy groups -OCH3 is 1. The summed E-state index contributed by atoms with van der Waals surface area (Å²) in [6, 6.07) is 9.92. The number of rotatable bonds is 7. The maximum atomic E-state index is 5.47. The van der Waals surface area contributed by atoms with Crippen LogP contribution in [0.5, 0.6) is 0 Å².